The van der Waals surface area contributed by atoms with E-state index >= 15 is 0 Å². The number of nitrogens with zero attached hydrogens (tertiary/aromatic N) is 3. The van der Waals surface area contributed by atoms with Crippen LogP contribution in [-0.2, 0) is 30.5 Å². The first-order valence-corrected chi connectivity index (χ1v) is 18.1. The SMILES string of the molecule is COc1nc(-c2cccc(-c3cccc4c3CC[C@@H]4Oc3nc(OC)c(CN4CC(C)(O)C4)cc3C(F)(F)F)c2Cl)ccc1CNC[C@@H]1CCC(=O)C1. The first-order valence-electron chi connectivity index (χ1n) is 17.8. The fraction of sp³-hybridized carbons (Fsp3) is 0.425. The van der Waals surface area contributed by atoms with Crippen LogP contribution in [0.1, 0.15) is 66.5 Å². The number of aliphatic hydroxyl groups is 1. The molecule has 0 radical (unpaired) electrons. The lowest BCUT2D eigenvalue weighted by Gasteiger charge is -2.44. The van der Waals surface area contributed by atoms with Crippen molar-refractivity contribution in [1.29, 1.82) is 0 Å². The molecule has 1 saturated heterocycles. The van der Waals surface area contributed by atoms with Gasteiger partial charge in [0.2, 0.25) is 17.6 Å². The highest BCUT2D eigenvalue weighted by Crippen LogP contribution is 2.46. The quantitative estimate of drug-likeness (QED) is 0.152. The van der Waals surface area contributed by atoms with E-state index in [4.69, 9.17) is 30.8 Å². The second-order valence-electron chi connectivity index (χ2n) is 14.5. The Hall–Kier alpha value is -4.23. The zero-order valence-electron chi connectivity index (χ0n) is 29.9. The predicted molar refractivity (Wildman–Crippen MR) is 194 cm³/mol. The van der Waals surface area contributed by atoms with E-state index in [-0.39, 0.29) is 18.0 Å². The standard InChI is InChI=1S/C40H42ClF3N4O5/c1-39(50)21-48(22-39)20-25-17-32(40(42,43)44)38(47-37(25)52-3)53-34-15-13-28-27(6-4-7-29(28)34)30-8-5-9-31(35(30)41)33-14-11-24(36(46-33)51-2)19-45-18-23-10-12-26(49)16-23/h4-9,11,14,17,23,34,45,50H,10,12-13,15-16,18-22H2,1-3H3/t23-,34+/m1/s1. The molecule has 9 nitrogen and oxygen atoms in total. The van der Waals surface area contributed by atoms with Crippen LogP contribution in [0.3, 0.4) is 0 Å². The Labute approximate surface area is 311 Å². The Balaban J connectivity index is 1.13. The zero-order chi connectivity index (χ0) is 37.5. The number of likely N-dealkylation sites (tertiary alicyclic amines) is 1. The smallest absolute Gasteiger partial charge is 0.421 e. The molecule has 3 aliphatic rings. The van der Waals surface area contributed by atoms with Crippen LogP contribution in [0, 0.1) is 5.92 Å². The third kappa shape index (κ3) is 7.87. The van der Waals surface area contributed by atoms with Crippen molar-refractivity contribution < 1.29 is 37.3 Å². The number of fused-ring (bicyclic) bond motifs is 1. The molecule has 3 heterocycles. The molecule has 2 aromatic heterocycles. The Morgan fingerprint density at radius 2 is 1.66 bits per heavy atom. The van der Waals surface area contributed by atoms with Gasteiger partial charge in [-0.2, -0.15) is 18.2 Å². The van der Waals surface area contributed by atoms with Crippen LogP contribution in [0.25, 0.3) is 22.4 Å². The summed E-state index contributed by atoms with van der Waals surface area (Å²) in [6, 6.07) is 16.3. The first kappa shape index (κ1) is 37.1. The summed E-state index contributed by atoms with van der Waals surface area (Å²) in [5.41, 5.74) is 3.99. The van der Waals surface area contributed by atoms with Crippen LogP contribution in [0.4, 0.5) is 13.2 Å². The van der Waals surface area contributed by atoms with Gasteiger partial charge in [0.25, 0.3) is 0 Å². The number of rotatable bonds is 12. The molecule has 2 atom stereocenters. The van der Waals surface area contributed by atoms with Crippen LogP contribution in [0.5, 0.6) is 17.6 Å². The molecule has 2 aliphatic carbocycles. The molecular weight excluding hydrogens is 709 g/mol. The lowest BCUT2D eigenvalue weighted by atomic mass is 9.94. The maximum atomic E-state index is 14.4. The summed E-state index contributed by atoms with van der Waals surface area (Å²) >= 11 is 7.12. The molecule has 0 spiro atoms. The van der Waals surface area contributed by atoms with Gasteiger partial charge < -0.3 is 24.6 Å². The van der Waals surface area contributed by atoms with E-state index in [0.29, 0.717) is 79.2 Å². The number of ether oxygens (including phenoxy) is 3. The number of benzene rings is 2. The average Bonchev–Trinajstić information content (AvgIpc) is 3.73. The number of carbonyl (C=O) groups is 1. The van der Waals surface area contributed by atoms with Crippen LogP contribution >= 0.6 is 11.6 Å². The third-order valence-electron chi connectivity index (χ3n) is 10.3. The van der Waals surface area contributed by atoms with Crippen LogP contribution < -0.4 is 19.5 Å². The van der Waals surface area contributed by atoms with Crippen LogP contribution in [-0.4, -0.2) is 65.2 Å². The number of ketones is 1. The van der Waals surface area contributed by atoms with Gasteiger partial charge in [-0.05, 0) is 67.5 Å². The van der Waals surface area contributed by atoms with E-state index in [1.54, 1.807) is 14.0 Å². The van der Waals surface area contributed by atoms with Gasteiger partial charge in [-0.25, -0.2) is 4.98 Å². The van der Waals surface area contributed by atoms with E-state index in [1.165, 1.54) is 7.11 Å². The zero-order valence-corrected chi connectivity index (χ0v) is 30.6. The van der Waals surface area contributed by atoms with Gasteiger partial charge in [0.1, 0.15) is 17.5 Å². The van der Waals surface area contributed by atoms with Crippen molar-refractivity contribution in [2.75, 3.05) is 33.9 Å². The van der Waals surface area contributed by atoms with Crippen LogP contribution in [0.15, 0.2) is 54.6 Å². The molecule has 0 unspecified atom stereocenters. The molecule has 1 saturated carbocycles. The molecular formula is C40H42ClF3N4O5. The number of nitrogens with one attached hydrogen (secondary N) is 1. The Bertz CT molecular complexity index is 2020. The van der Waals surface area contributed by atoms with E-state index in [1.807, 2.05) is 53.4 Å². The molecule has 2 N–H and O–H groups in total. The molecule has 0 amide bonds. The molecule has 2 aromatic carbocycles. The first-order chi connectivity index (χ1) is 25.3. The summed E-state index contributed by atoms with van der Waals surface area (Å²) in [6.07, 6.45) is -2.20. The summed E-state index contributed by atoms with van der Waals surface area (Å²) in [7, 11) is 2.94. The summed E-state index contributed by atoms with van der Waals surface area (Å²) in [6.45, 7) is 3.81. The number of β-amino-alcohol motifs (C(OH)–C–C–N with tert-alkyl or cyclic N) is 1. The molecule has 0 bridgehead atoms. The highest BCUT2D eigenvalue weighted by Gasteiger charge is 2.41. The van der Waals surface area contributed by atoms with Crippen LogP contribution in [0.2, 0.25) is 5.02 Å². The van der Waals surface area contributed by atoms with E-state index in [0.717, 1.165) is 46.8 Å². The number of Topliss-reactive ketones (excluding diaryl/α,β-unsaturated/α-hetero) is 1. The van der Waals surface area contributed by atoms with Crippen molar-refractivity contribution in [3.8, 4) is 40.0 Å². The number of pyridine rings is 2. The molecule has 53 heavy (non-hydrogen) atoms. The van der Waals surface area contributed by atoms with Gasteiger partial charge >= 0.3 is 6.18 Å². The van der Waals surface area contributed by atoms with Crippen molar-refractivity contribution in [3.63, 3.8) is 0 Å². The Morgan fingerprint density at radius 1 is 0.943 bits per heavy atom. The van der Waals surface area contributed by atoms with Crippen molar-refractivity contribution in [3.05, 3.63) is 87.4 Å². The second-order valence-corrected chi connectivity index (χ2v) is 14.9. The van der Waals surface area contributed by atoms with Gasteiger partial charge in [-0.3, -0.25) is 9.69 Å². The summed E-state index contributed by atoms with van der Waals surface area (Å²) < 4.78 is 60.5. The Kier molecular flexibility index (Phi) is 10.4. The summed E-state index contributed by atoms with van der Waals surface area (Å²) in [4.78, 5) is 22.5. The third-order valence-corrected chi connectivity index (χ3v) is 10.7. The molecule has 2 fully saturated rings. The van der Waals surface area contributed by atoms with Gasteiger partial charge in [-0.15, -0.1) is 0 Å². The number of hydrogen-bond donors (Lipinski definition) is 2. The number of methoxy groups -OCH3 is 2. The number of halogens is 4. The molecule has 4 aromatic rings. The summed E-state index contributed by atoms with van der Waals surface area (Å²) in [5.74, 6) is 0.664. The maximum Gasteiger partial charge on any atom is 0.421 e. The monoisotopic (exact) mass is 750 g/mol. The average molecular weight is 751 g/mol. The normalized spacial score (nSPS) is 19.6. The highest BCUT2D eigenvalue weighted by molar-refractivity contribution is 6.36. The lowest BCUT2D eigenvalue weighted by Crippen LogP contribution is -2.59. The minimum Gasteiger partial charge on any atom is -0.481 e. The number of hydrogen-bond acceptors (Lipinski definition) is 9. The number of alkyl halides is 3. The largest absolute Gasteiger partial charge is 0.481 e. The molecule has 13 heteroatoms. The minimum absolute atomic E-state index is 0.0476. The Morgan fingerprint density at radius 3 is 2.36 bits per heavy atom. The number of aromatic nitrogens is 2. The molecule has 280 valence electrons. The van der Waals surface area contributed by atoms with Gasteiger partial charge in [0.15, 0.2) is 0 Å². The highest BCUT2D eigenvalue weighted by atomic mass is 35.5. The van der Waals surface area contributed by atoms with E-state index in [9.17, 15) is 23.1 Å². The van der Waals surface area contributed by atoms with E-state index in [2.05, 4.69) is 10.3 Å². The summed E-state index contributed by atoms with van der Waals surface area (Å²) in [5, 5.41) is 14.0. The molecule has 7 rings (SSSR count). The lowest BCUT2D eigenvalue weighted by molar-refractivity contribution is -0.140. The van der Waals surface area contributed by atoms with Gasteiger partial charge in [-0.1, -0.05) is 54.1 Å². The van der Waals surface area contributed by atoms with Gasteiger partial charge in [0.05, 0.1) is 30.5 Å². The van der Waals surface area contributed by atoms with Crippen molar-refractivity contribution in [1.82, 2.24) is 20.2 Å². The predicted octanol–water partition coefficient (Wildman–Crippen LogP) is 7.59. The van der Waals surface area contributed by atoms with Crippen molar-refractivity contribution in [2.24, 2.45) is 5.92 Å². The van der Waals surface area contributed by atoms with Crippen molar-refractivity contribution >= 4 is 17.4 Å². The topological polar surface area (TPSA) is 106 Å². The fourth-order valence-electron chi connectivity index (χ4n) is 7.85. The fourth-order valence-corrected chi connectivity index (χ4v) is 8.17. The number of carbonyl (C=O) groups excluding carboxylic acids is 1. The maximum absolute atomic E-state index is 14.4. The van der Waals surface area contributed by atoms with Crippen molar-refractivity contribution in [2.45, 2.75) is 70.0 Å². The van der Waals surface area contributed by atoms with Gasteiger partial charge in [0, 0.05) is 61.3 Å². The minimum atomic E-state index is -4.72. The molecule has 1 aliphatic heterocycles. The van der Waals surface area contributed by atoms with E-state index < -0.39 is 29.3 Å². The second kappa shape index (κ2) is 14.9.